The summed E-state index contributed by atoms with van der Waals surface area (Å²) in [6.07, 6.45) is 4.43. The summed E-state index contributed by atoms with van der Waals surface area (Å²) in [4.78, 5) is 18.7. The molecule has 1 aliphatic carbocycles. The van der Waals surface area contributed by atoms with E-state index in [-0.39, 0.29) is 11.4 Å². The molecule has 0 saturated heterocycles. The van der Waals surface area contributed by atoms with E-state index in [9.17, 15) is 15.0 Å². The second-order valence-corrected chi connectivity index (χ2v) is 6.55. The Hall–Kier alpha value is -2.09. The summed E-state index contributed by atoms with van der Waals surface area (Å²) < 4.78 is 5.23. The van der Waals surface area contributed by atoms with E-state index >= 15 is 0 Å². The highest BCUT2D eigenvalue weighted by Gasteiger charge is 2.18. The summed E-state index contributed by atoms with van der Waals surface area (Å²) in [5.41, 5.74) is 0.927. The number of aliphatic imine (C=N–C) groups is 1. The van der Waals surface area contributed by atoms with E-state index in [1.54, 1.807) is 30.4 Å². The van der Waals surface area contributed by atoms with Gasteiger partial charge in [-0.15, -0.1) is 0 Å². The quantitative estimate of drug-likeness (QED) is 0.656. The number of fused-ring (bicyclic) bond motifs is 1. The van der Waals surface area contributed by atoms with E-state index in [1.807, 2.05) is 0 Å². The average molecular weight is 426 g/mol. The fourth-order valence-electron chi connectivity index (χ4n) is 2.65. The minimum absolute atomic E-state index is 0.247. The highest BCUT2D eigenvalue weighted by molar-refractivity contribution is 9.10. The second kappa shape index (κ2) is 7.43. The van der Waals surface area contributed by atoms with E-state index in [0.29, 0.717) is 39.5 Å². The number of aliphatic hydroxyl groups excluding tert-OH is 1. The maximum Gasteiger partial charge on any atom is 0.258 e. The minimum Gasteiger partial charge on any atom is -0.494 e. The number of halogens is 2. The van der Waals surface area contributed by atoms with Gasteiger partial charge < -0.3 is 14.5 Å². The predicted molar refractivity (Wildman–Crippen MR) is 100 cm³/mol. The summed E-state index contributed by atoms with van der Waals surface area (Å²) in [5.74, 6) is 0.0473. The van der Waals surface area contributed by atoms with Gasteiger partial charge in [0.25, 0.3) is 5.56 Å². The SMILES string of the molecule is O=c1[nH]c(O)c(C=NCC2=CC=C(OCl)C(O)C2)c2c(Br)cccc12. The number of benzene rings is 1. The van der Waals surface area contributed by atoms with E-state index in [1.165, 1.54) is 6.21 Å². The first-order valence-corrected chi connectivity index (χ1v) is 8.51. The van der Waals surface area contributed by atoms with E-state index < -0.39 is 6.10 Å². The number of aromatic nitrogens is 1. The molecule has 1 aliphatic rings. The number of pyridine rings is 1. The smallest absolute Gasteiger partial charge is 0.258 e. The van der Waals surface area contributed by atoms with Crippen LogP contribution in [0.2, 0.25) is 0 Å². The molecule has 25 heavy (non-hydrogen) atoms. The van der Waals surface area contributed by atoms with Crippen molar-refractivity contribution in [1.82, 2.24) is 4.98 Å². The predicted octanol–water partition coefficient (Wildman–Crippen LogP) is 3.16. The highest BCUT2D eigenvalue weighted by atomic mass is 79.9. The Morgan fingerprint density at radius 1 is 1.44 bits per heavy atom. The number of hydrogen-bond donors (Lipinski definition) is 3. The Labute approximate surface area is 156 Å². The molecule has 8 heteroatoms. The number of nitrogens with one attached hydrogen (secondary N) is 1. The number of rotatable bonds is 4. The molecule has 0 spiro atoms. The molecule has 0 bridgehead atoms. The molecular weight excluding hydrogens is 412 g/mol. The van der Waals surface area contributed by atoms with Crippen molar-refractivity contribution in [2.45, 2.75) is 12.5 Å². The van der Waals surface area contributed by atoms with Crippen molar-refractivity contribution in [3.05, 3.63) is 62.1 Å². The van der Waals surface area contributed by atoms with Crippen LogP contribution in [0, 0.1) is 0 Å². The van der Waals surface area contributed by atoms with E-state index in [4.69, 9.17) is 11.9 Å². The first kappa shape index (κ1) is 17.7. The van der Waals surface area contributed by atoms with Gasteiger partial charge in [0, 0.05) is 27.9 Å². The number of nitrogens with zero attached hydrogens (tertiary/aromatic N) is 1. The molecule has 0 amide bonds. The molecule has 0 aliphatic heterocycles. The second-order valence-electron chi connectivity index (χ2n) is 5.54. The summed E-state index contributed by atoms with van der Waals surface area (Å²) in [6.45, 7) is 0.327. The van der Waals surface area contributed by atoms with Gasteiger partial charge in [-0.2, -0.15) is 0 Å². The molecule has 1 atom stereocenters. The van der Waals surface area contributed by atoms with Crippen molar-refractivity contribution in [2.24, 2.45) is 4.99 Å². The van der Waals surface area contributed by atoms with Crippen molar-refractivity contribution >= 4 is 44.8 Å². The van der Waals surface area contributed by atoms with Gasteiger partial charge in [0.05, 0.1) is 12.1 Å². The molecule has 1 heterocycles. The number of aromatic hydroxyl groups is 1. The van der Waals surface area contributed by atoms with Crippen LogP contribution in [0.3, 0.4) is 0 Å². The molecule has 0 radical (unpaired) electrons. The third kappa shape index (κ3) is 3.63. The fourth-order valence-corrected chi connectivity index (χ4v) is 3.38. The summed E-state index contributed by atoms with van der Waals surface area (Å²) in [6, 6.07) is 5.21. The number of H-pyrrole nitrogens is 1. The Bertz CT molecular complexity index is 965. The first-order chi connectivity index (χ1) is 12.0. The van der Waals surface area contributed by atoms with Crippen LogP contribution in [0.4, 0.5) is 0 Å². The van der Waals surface area contributed by atoms with Crippen LogP contribution in [0.15, 0.2) is 55.9 Å². The van der Waals surface area contributed by atoms with Crippen LogP contribution in [0.5, 0.6) is 5.88 Å². The lowest BCUT2D eigenvalue weighted by Gasteiger charge is -2.16. The Morgan fingerprint density at radius 3 is 2.96 bits per heavy atom. The van der Waals surface area contributed by atoms with Crippen molar-refractivity contribution < 1.29 is 14.5 Å². The van der Waals surface area contributed by atoms with Crippen LogP contribution in [0.1, 0.15) is 12.0 Å². The van der Waals surface area contributed by atoms with Gasteiger partial charge >= 0.3 is 0 Å². The standard InChI is InChI=1S/C17H14BrClN2O4/c18-12-3-1-2-10-15(12)11(17(24)21-16(10)23)8-20-7-9-4-5-14(25-19)13(22)6-9/h1-5,8,13,22H,6-7H2,(H2,21,23,24). The van der Waals surface area contributed by atoms with Gasteiger partial charge in [-0.3, -0.25) is 14.8 Å². The molecule has 3 rings (SSSR count). The third-order valence-corrected chi connectivity index (χ3v) is 4.72. The van der Waals surface area contributed by atoms with Gasteiger partial charge in [-0.25, -0.2) is 0 Å². The third-order valence-electron chi connectivity index (χ3n) is 3.89. The van der Waals surface area contributed by atoms with Crippen LogP contribution >= 0.6 is 27.8 Å². The topological polar surface area (TPSA) is 94.9 Å². The lowest BCUT2D eigenvalue weighted by Crippen LogP contribution is -2.15. The Balaban J connectivity index is 1.91. The Morgan fingerprint density at radius 2 is 2.24 bits per heavy atom. The van der Waals surface area contributed by atoms with Gasteiger partial charge in [0.2, 0.25) is 5.88 Å². The van der Waals surface area contributed by atoms with Crippen LogP contribution < -0.4 is 5.56 Å². The molecule has 130 valence electrons. The van der Waals surface area contributed by atoms with Crippen LogP contribution in [-0.4, -0.2) is 34.1 Å². The largest absolute Gasteiger partial charge is 0.494 e. The van der Waals surface area contributed by atoms with Gasteiger partial charge in [-0.05, 0) is 23.8 Å². The zero-order valence-electron chi connectivity index (χ0n) is 12.9. The average Bonchev–Trinajstić information content (AvgIpc) is 2.58. The van der Waals surface area contributed by atoms with Crippen molar-refractivity contribution in [1.29, 1.82) is 0 Å². The van der Waals surface area contributed by atoms with Crippen molar-refractivity contribution in [3.8, 4) is 5.88 Å². The zero-order valence-corrected chi connectivity index (χ0v) is 15.2. The maximum atomic E-state index is 12.0. The summed E-state index contributed by atoms with van der Waals surface area (Å²) in [7, 11) is 0. The fraction of sp³-hybridized carbons (Fsp3) is 0.176. The molecule has 1 aromatic heterocycles. The highest BCUT2D eigenvalue weighted by Crippen LogP contribution is 2.28. The number of aromatic amines is 1. The number of hydrogen-bond acceptors (Lipinski definition) is 5. The summed E-state index contributed by atoms with van der Waals surface area (Å²) >= 11 is 8.66. The molecular formula is C17H14BrClN2O4. The maximum absolute atomic E-state index is 12.0. The molecule has 3 N–H and O–H groups in total. The number of allylic oxidation sites excluding steroid dienone is 2. The van der Waals surface area contributed by atoms with E-state index in [0.717, 1.165) is 5.57 Å². The van der Waals surface area contributed by atoms with Crippen LogP contribution in [0.25, 0.3) is 10.8 Å². The van der Waals surface area contributed by atoms with Gasteiger partial charge in [0.15, 0.2) is 5.76 Å². The molecule has 2 aromatic rings. The Kier molecular flexibility index (Phi) is 5.27. The summed E-state index contributed by atoms with van der Waals surface area (Å²) in [5, 5.41) is 21.0. The minimum atomic E-state index is -0.802. The lowest BCUT2D eigenvalue weighted by molar-refractivity contribution is 0.163. The lowest BCUT2D eigenvalue weighted by atomic mass is 10.0. The van der Waals surface area contributed by atoms with Crippen molar-refractivity contribution in [3.63, 3.8) is 0 Å². The monoisotopic (exact) mass is 424 g/mol. The van der Waals surface area contributed by atoms with Crippen LogP contribution in [-0.2, 0) is 4.29 Å². The van der Waals surface area contributed by atoms with Gasteiger partial charge in [0.1, 0.15) is 18.0 Å². The van der Waals surface area contributed by atoms with Crippen molar-refractivity contribution in [2.75, 3.05) is 6.54 Å². The first-order valence-electron chi connectivity index (χ1n) is 7.41. The molecule has 0 fully saturated rings. The normalized spacial score (nSPS) is 17.6. The molecule has 6 nitrogen and oxygen atoms in total. The molecule has 0 saturated carbocycles. The van der Waals surface area contributed by atoms with Gasteiger partial charge in [-0.1, -0.05) is 28.1 Å². The molecule has 1 unspecified atom stereocenters. The molecule has 1 aromatic carbocycles. The zero-order chi connectivity index (χ0) is 18.0. The number of aliphatic hydroxyl groups is 1. The van der Waals surface area contributed by atoms with E-state index in [2.05, 4.69) is 30.2 Å².